The second-order valence-electron chi connectivity index (χ2n) is 5.51. The zero-order chi connectivity index (χ0) is 12.8. The second-order valence-corrected chi connectivity index (χ2v) is 5.51. The van der Waals surface area contributed by atoms with E-state index in [1.807, 2.05) is 17.0 Å². The van der Waals surface area contributed by atoms with Crippen LogP contribution in [0, 0.1) is 0 Å². The standard InChI is InChI=1S/C14H19N3O/c15-8-10-1-3-12-11(7-10)2-4-13(18)17(12)9-14(16)5-6-14/h1,3,7H,2,4-6,8-9,15-16H2. The van der Waals surface area contributed by atoms with Gasteiger partial charge in [0.1, 0.15) is 0 Å². The maximum Gasteiger partial charge on any atom is 0.227 e. The fourth-order valence-corrected chi connectivity index (χ4v) is 2.55. The molecule has 4 heteroatoms. The first-order valence-electron chi connectivity index (χ1n) is 6.52. The van der Waals surface area contributed by atoms with Crippen LogP contribution >= 0.6 is 0 Å². The summed E-state index contributed by atoms with van der Waals surface area (Å²) >= 11 is 0. The van der Waals surface area contributed by atoms with Gasteiger partial charge in [0, 0.05) is 30.7 Å². The molecule has 1 saturated carbocycles. The molecule has 1 aliphatic heterocycles. The molecule has 1 heterocycles. The van der Waals surface area contributed by atoms with Crippen molar-refractivity contribution in [3.63, 3.8) is 0 Å². The Kier molecular flexibility index (Phi) is 2.64. The number of hydrogen-bond acceptors (Lipinski definition) is 3. The minimum atomic E-state index is -0.142. The molecule has 0 spiro atoms. The lowest BCUT2D eigenvalue weighted by Gasteiger charge is -2.31. The lowest BCUT2D eigenvalue weighted by Crippen LogP contribution is -2.45. The van der Waals surface area contributed by atoms with Crippen molar-refractivity contribution in [1.82, 2.24) is 0 Å². The molecule has 1 aromatic carbocycles. The van der Waals surface area contributed by atoms with Crippen LogP contribution in [-0.4, -0.2) is 18.0 Å². The van der Waals surface area contributed by atoms with Crippen molar-refractivity contribution in [1.29, 1.82) is 0 Å². The Morgan fingerprint density at radius 2 is 2.06 bits per heavy atom. The average molecular weight is 245 g/mol. The molecule has 2 aliphatic rings. The van der Waals surface area contributed by atoms with Crippen molar-refractivity contribution in [3.8, 4) is 0 Å². The van der Waals surface area contributed by atoms with Gasteiger partial charge >= 0.3 is 0 Å². The van der Waals surface area contributed by atoms with Gasteiger partial charge in [0.2, 0.25) is 5.91 Å². The van der Waals surface area contributed by atoms with Crippen molar-refractivity contribution in [2.24, 2.45) is 11.5 Å². The predicted octanol–water partition coefficient (Wildman–Crippen LogP) is 0.916. The maximum absolute atomic E-state index is 12.1. The van der Waals surface area contributed by atoms with Crippen LogP contribution in [0.2, 0.25) is 0 Å². The zero-order valence-electron chi connectivity index (χ0n) is 10.5. The molecular formula is C14H19N3O. The molecule has 1 aromatic rings. The molecule has 1 fully saturated rings. The first-order chi connectivity index (χ1) is 8.61. The summed E-state index contributed by atoms with van der Waals surface area (Å²) in [5.41, 5.74) is 15.0. The van der Waals surface area contributed by atoms with Crippen LogP contribution in [-0.2, 0) is 17.8 Å². The van der Waals surface area contributed by atoms with Gasteiger partial charge in [0.05, 0.1) is 0 Å². The molecule has 0 bridgehead atoms. The van der Waals surface area contributed by atoms with Crippen molar-refractivity contribution in [2.45, 2.75) is 37.8 Å². The molecule has 0 saturated heterocycles. The predicted molar refractivity (Wildman–Crippen MR) is 71.2 cm³/mol. The summed E-state index contributed by atoms with van der Waals surface area (Å²) in [6, 6.07) is 6.13. The SMILES string of the molecule is NCc1ccc2c(c1)CCC(=O)N2CC1(N)CC1. The number of amides is 1. The maximum atomic E-state index is 12.1. The zero-order valence-corrected chi connectivity index (χ0v) is 10.5. The summed E-state index contributed by atoms with van der Waals surface area (Å²) in [5, 5.41) is 0. The van der Waals surface area contributed by atoms with Gasteiger partial charge in [-0.3, -0.25) is 4.79 Å². The van der Waals surface area contributed by atoms with Crippen LogP contribution in [0.5, 0.6) is 0 Å². The number of anilines is 1. The van der Waals surface area contributed by atoms with Crippen LogP contribution in [0.15, 0.2) is 18.2 Å². The van der Waals surface area contributed by atoms with E-state index in [0.29, 0.717) is 19.5 Å². The van der Waals surface area contributed by atoms with Crippen LogP contribution in [0.3, 0.4) is 0 Å². The minimum absolute atomic E-state index is 0.142. The number of fused-ring (bicyclic) bond motifs is 1. The molecule has 3 rings (SSSR count). The molecule has 0 atom stereocenters. The molecule has 0 aromatic heterocycles. The summed E-state index contributed by atoms with van der Waals surface area (Å²) in [6.07, 6.45) is 3.44. The average Bonchev–Trinajstić information content (AvgIpc) is 3.10. The quantitative estimate of drug-likeness (QED) is 0.831. The Balaban J connectivity index is 1.93. The summed E-state index contributed by atoms with van der Waals surface area (Å²) in [7, 11) is 0. The van der Waals surface area contributed by atoms with Gasteiger partial charge in [0.25, 0.3) is 0 Å². The Morgan fingerprint density at radius 1 is 1.28 bits per heavy atom. The molecule has 4 nitrogen and oxygen atoms in total. The van der Waals surface area contributed by atoms with Crippen molar-refractivity contribution >= 4 is 11.6 Å². The van der Waals surface area contributed by atoms with E-state index in [0.717, 1.165) is 30.5 Å². The number of rotatable bonds is 3. The van der Waals surface area contributed by atoms with Crippen LogP contribution in [0.1, 0.15) is 30.4 Å². The fourth-order valence-electron chi connectivity index (χ4n) is 2.55. The smallest absolute Gasteiger partial charge is 0.227 e. The second kappa shape index (κ2) is 4.07. The highest BCUT2D eigenvalue weighted by atomic mass is 16.2. The lowest BCUT2D eigenvalue weighted by atomic mass is 9.98. The van der Waals surface area contributed by atoms with Crippen LogP contribution in [0.25, 0.3) is 0 Å². The van der Waals surface area contributed by atoms with E-state index in [4.69, 9.17) is 11.5 Å². The van der Waals surface area contributed by atoms with E-state index < -0.39 is 0 Å². The first-order valence-corrected chi connectivity index (χ1v) is 6.52. The Morgan fingerprint density at radius 3 is 2.72 bits per heavy atom. The van der Waals surface area contributed by atoms with Gasteiger partial charge in [0.15, 0.2) is 0 Å². The summed E-state index contributed by atoms with van der Waals surface area (Å²) in [4.78, 5) is 13.9. The van der Waals surface area contributed by atoms with E-state index in [2.05, 4.69) is 6.07 Å². The van der Waals surface area contributed by atoms with Gasteiger partial charge in [-0.15, -0.1) is 0 Å². The van der Waals surface area contributed by atoms with Crippen molar-refractivity contribution < 1.29 is 4.79 Å². The Hall–Kier alpha value is -1.39. The third-order valence-electron chi connectivity index (χ3n) is 3.94. The Bertz CT molecular complexity index is 494. The third kappa shape index (κ3) is 2.02. The van der Waals surface area contributed by atoms with Gasteiger partial charge in [-0.25, -0.2) is 0 Å². The van der Waals surface area contributed by atoms with Gasteiger partial charge in [-0.2, -0.15) is 0 Å². The first kappa shape index (κ1) is 11.7. The molecule has 1 amide bonds. The number of nitrogens with two attached hydrogens (primary N) is 2. The molecular weight excluding hydrogens is 226 g/mol. The largest absolute Gasteiger partial charge is 0.326 e. The minimum Gasteiger partial charge on any atom is -0.326 e. The number of aryl methyl sites for hydroxylation is 1. The van der Waals surface area contributed by atoms with E-state index in [-0.39, 0.29) is 11.4 Å². The number of benzene rings is 1. The monoisotopic (exact) mass is 245 g/mol. The van der Waals surface area contributed by atoms with Gasteiger partial charge in [-0.05, 0) is 36.5 Å². The topological polar surface area (TPSA) is 72.4 Å². The van der Waals surface area contributed by atoms with Crippen LogP contribution < -0.4 is 16.4 Å². The highest BCUT2D eigenvalue weighted by Crippen LogP contribution is 2.37. The summed E-state index contributed by atoms with van der Waals surface area (Å²) < 4.78 is 0. The van der Waals surface area contributed by atoms with E-state index in [9.17, 15) is 4.79 Å². The number of hydrogen-bond donors (Lipinski definition) is 2. The van der Waals surface area contributed by atoms with Crippen LogP contribution in [0.4, 0.5) is 5.69 Å². The molecule has 4 N–H and O–H groups in total. The summed E-state index contributed by atoms with van der Waals surface area (Å²) in [5.74, 6) is 0.194. The van der Waals surface area contributed by atoms with Gasteiger partial charge in [-0.1, -0.05) is 12.1 Å². The molecule has 0 unspecified atom stereocenters. The number of carbonyl (C=O) groups is 1. The molecule has 96 valence electrons. The van der Waals surface area contributed by atoms with E-state index in [1.165, 1.54) is 5.56 Å². The molecule has 0 radical (unpaired) electrons. The lowest BCUT2D eigenvalue weighted by molar-refractivity contribution is -0.119. The fraction of sp³-hybridized carbons (Fsp3) is 0.500. The highest BCUT2D eigenvalue weighted by molar-refractivity contribution is 5.96. The normalized spacial score (nSPS) is 20.8. The summed E-state index contributed by atoms with van der Waals surface area (Å²) in [6.45, 7) is 1.20. The molecule has 1 aliphatic carbocycles. The van der Waals surface area contributed by atoms with Crippen molar-refractivity contribution in [3.05, 3.63) is 29.3 Å². The van der Waals surface area contributed by atoms with E-state index >= 15 is 0 Å². The van der Waals surface area contributed by atoms with Crippen molar-refractivity contribution in [2.75, 3.05) is 11.4 Å². The number of nitrogens with zero attached hydrogens (tertiary/aromatic N) is 1. The van der Waals surface area contributed by atoms with Gasteiger partial charge < -0.3 is 16.4 Å². The number of carbonyl (C=O) groups excluding carboxylic acids is 1. The third-order valence-corrected chi connectivity index (χ3v) is 3.94. The van der Waals surface area contributed by atoms with E-state index in [1.54, 1.807) is 0 Å². The Labute approximate surface area is 107 Å². The molecule has 18 heavy (non-hydrogen) atoms. The highest BCUT2D eigenvalue weighted by Gasteiger charge is 2.42.